The molecule has 0 N–H and O–H groups in total. The fourth-order valence-corrected chi connectivity index (χ4v) is 1.69. The molecule has 1 amide bonds. The Balaban J connectivity index is 2.99. The number of benzene rings is 1. The summed E-state index contributed by atoms with van der Waals surface area (Å²) in [4.78, 5) is 13.6. The zero-order valence-corrected chi connectivity index (χ0v) is 9.95. The normalized spacial score (nSPS) is 9.62. The Hall–Kier alpha value is -1.82. The van der Waals surface area contributed by atoms with Crippen molar-refractivity contribution in [2.75, 3.05) is 13.1 Å². The summed E-state index contributed by atoms with van der Waals surface area (Å²) in [5.41, 5.74) is 2.79. The number of carbonyl (C=O) groups excluding carboxylic acids is 1. The largest absolute Gasteiger partial charge is 0.326 e. The summed E-state index contributed by atoms with van der Waals surface area (Å²) < 4.78 is 0. The lowest BCUT2D eigenvalue weighted by Gasteiger charge is -2.17. The lowest BCUT2D eigenvalue weighted by atomic mass is 10.1. The molecular weight excluding hydrogens is 200 g/mol. The summed E-state index contributed by atoms with van der Waals surface area (Å²) in [6, 6.07) is 7.74. The number of carbonyl (C=O) groups is 1. The Labute approximate surface area is 96.3 Å². The van der Waals surface area contributed by atoms with Gasteiger partial charge < -0.3 is 4.90 Å². The fourth-order valence-electron chi connectivity index (χ4n) is 1.69. The second-order valence-electron chi connectivity index (χ2n) is 3.85. The molecule has 1 aromatic carbocycles. The van der Waals surface area contributed by atoms with Gasteiger partial charge >= 0.3 is 0 Å². The van der Waals surface area contributed by atoms with Gasteiger partial charge in [0.05, 0.1) is 6.07 Å². The summed E-state index contributed by atoms with van der Waals surface area (Å²) in [5, 5.41) is 8.63. The average molecular weight is 216 g/mol. The smallest absolute Gasteiger partial charge is 0.254 e. The Kier molecular flexibility index (Phi) is 4.07. The van der Waals surface area contributed by atoms with E-state index >= 15 is 0 Å². The van der Waals surface area contributed by atoms with Crippen LogP contribution in [0, 0.1) is 25.2 Å². The van der Waals surface area contributed by atoms with Crippen molar-refractivity contribution in [1.82, 2.24) is 4.90 Å². The maximum atomic E-state index is 12.0. The van der Waals surface area contributed by atoms with Crippen molar-refractivity contribution in [3.8, 4) is 6.07 Å². The number of nitrogens with zero attached hydrogens (tertiary/aromatic N) is 2. The number of nitriles is 1. The molecular formula is C13H16N2O. The molecule has 1 aromatic rings. The first kappa shape index (κ1) is 12.3. The summed E-state index contributed by atoms with van der Waals surface area (Å²) in [6.07, 6.45) is 0. The van der Waals surface area contributed by atoms with Crippen LogP contribution in [0.5, 0.6) is 0 Å². The lowest BCUT2D eigenvalue weighted by Crippen LogP contribution is -2.31. The van der Waals surface area contributed by atoms with Crippen LogP contribution < -0.4 is 0 Å². The van der Waals surface area contributed by atoms with E-state index < -0.39 is 0 Å². The van der Waals surface area contributed by atoms with Gasteiger partial charge in [0.1, 0.15) is 6.54 Å². The number of aryl methyl sites for hydroxylation is 2. The molecule has 0 saturated carbocycles. The first-order valence-corrected chi connectivity index (χ1v) is 5.33. The van der Waals surface area contributed by atoms with Crippen LogP contribution >= 0.6 is 0 Å². The molecule has 0 aliphatic carbocycles. The van der Waals surface area contributed by atoms with E-state index in [4.69, 9.17) is 5.26 Å². The minimum Gasteiger partial charge on any atom is -0.326 e. The molecule has 84 valence electrons. The lowest BCUT2D eigenvalue weighted by molar-refractivity contribution is 0.0784. The maximum Gasteiger partial charge on any atom is 0.254 e. The molecule has 3 nitrogen and oxygen atoms in total. The van der Waals surface area contributed by atoms with Gasteiger partial charge in [-0.3, -0.25) is 4.79 Å². The molecule has 1 rings (SSSR count). The zero-order valence-electron chi connectivity index (χ0n) is 9.95. The van der Waals surface area contributed by atoms with E-state index in [0.29, 0.717) is 12.1 Å². The highest BCUT2D eigenvalue weighted by Crippen LogP contribution is 2.11. The third-order valence-electron chi connectivity index (χ3n) is 2.40. The summed E-state index contributed by atoms with van der Waals surface area (Å²) in [5.74, 6) is -0.0733. The third kappa shape index (κ3) is 2.83. The van der Waals surface area contributed by atoms with Gasteiger partial charge in [-0.05, 0) is 32.9 Å². The molecule has 0 atom stereocenters. The SMILES string of the molecule is CCN(CC#N)C(=O)c1cc(C)cc(C)c1. The molecule has 0 bridgehead atoms. The molecule has 0 saturated heterocycles. The van der Waals surface area contributed by atoms with Crippen LogP contribution in [0.15, 0.2) is 18.2 Å². The Morgan fingerprint density at radius 1 is 1.31 bits per heavy atom. The average Bonchev–Trinajstić information content (AvgIpc) is 2.23. The summed E-state index contributed by atoms with van der Waals surface area (Å²) >= 11 is 0. The Bertz CT molecular complexity index is 412. The van der Waals surface area contributed by atoms with Gasteiger partial charge in [-0.15, -0.1) is 0 Å². The molecule has 0 aliphatic heterocycles. The highest BCUT2D eigenvalue weighted by Gasteiger charge is 2.13. The van der Waals surface area contributed by atoms with Gasteiger partial charge in [0.25, 0.3) is 5.91 Å². The van der Waals surface area contributed by atoms with Crippen LogP contribution in [0.4, 0.5) is 0 Å². The van der Waals surface area contributed by atoms with Crippen LogP contribution in [0.3, 0.4) is 0 Å². The van der Waals surface area contributed by atoms with Gasteiger partial charge in [-0.25, -0.2) is 0 Å². The van der Waals surface area contributed by atoms with E-state index in [2.05, 4.69) is 0 Å². The predicted octanol–water partition coefficient (Wildman–Crippen LogP) is 2.29. The molecule has 16 heavy (non-hydrogen) atoms. The first-order chi connectivity index (χ1) is 7.58. The van der Waals surface area contributed by atoms with Gasteiger partial charge in [-0.2, -0.15) is 5.26 Å². The minimum atomic E-state index is -0.0733. The summed E-state index contributed by atoms with van der Waals surface area (Å²) in [6.45, 7) is 6.49. The molecule has 0 unspecified atom stereocenters. The van der Waals surface area contributed by atoms with Crippen LogP contribution in [0.25, 0.3) is 0 Å². The number of amides is 1. The second kappa shape index (κ2) is 5.32. The van der Waals surface area contributed by atoms with E-state index in [9.17, 15) is 4.79 Å². The molecule has 0 radical (unpaired) electrons. The topological polar surface area (TPSA) is 44.1 Å². The van der Waals surface area contributed by atoms with Crippen LogP contribution in [-0.2, 0) is 0 Å². The third-order valence-corrected chi connectivity index (χ3v) is 2.40. The van der Waals surface area contributed by atoms with E-state index in [1.807, 2.05) is 45.0 Å². The van der Waals surface area contributed by atoms with Gasteiger partial charge in [0.15, 0.2) is 0 Å². The van der Waals surface area contributed by atoms with E-state index in [0.717, 1.165) is 11.1 Å². The van der Waals surface area contributed by atoms with Crippen molar-refractivity contribution >= 4 is 5.91 Å². The standard InChI is InChI=1S/C13H16N2O/c1-4-15(6-5-14)13(16)12-8-10(2)7-11(3)9-12/h7-9H,4,6H2,1-3H3. The molecule has 0 aromatic heterocycles. The minimum absolute atomic E-state index is 0.0733. The van der Waals surface area contributed by atoms with Crippen molar-refractivity contribution in [1.29, 1.82) is 5.26 Å². The quantitative estimate of drug-likeness (QED) is 0.727. The zero-order chi connectivity index (χ0) is 12.1. The van der Waals surface area contributed by atoms with Crippen molar-refractivity contribution in [3.63, 3.8) is 0 Å². The first-order valence-electron chi connectivity index (χ1n) is 5.33. The van der Waals surface area contributed by atoms with Crippen molar-refractivity contribution in [2.24, 2.45) is 0 Å². The van der Waals surface area contributed by atoms with Crippen LogP contribution in [-0.4, -0.2) is 23.9 Å². The Morgan fingerprint density at radius 3 is 2.31 bits per heavy atom. The predicted molar refractivity (Wildman–Crippen MR) is 63.1 cm³/mol. The number of hydrogen-bond donors (Lipinski definition) is 0. The highest BCUT2D eigenvalue weighted by molar-refractivity contribution is 5.94. The van der Waals surface area contributed by atoms with Gasteiger partial charge in [0.2, 0.25) is 0 Å². The second-order valence-corrected chi connectivity index (χ2v) is 3.85. The summed E-state index contributed by atoms with van der Waals surface area (Å²) in [7, 11) is 0. The van der Waals surface area contributed by atoms with E-state index in [-0.39, 0.29) is 12.5 Å². The molecule has 0 fully saturated rings. The maximum absolute atomic E-state index is 12.0. The van der Waals surface area contributed by atoms with E-state index in [1.54, 1.807) is 0 Å². The molecule has 0 aliphatic rings. The van der Waals surface area contributed by atoms with Crippen molar-refractivity contribution < 1.29 is 4.79 Å². The van der Waals surface area contributed by atoms with Crippen molar-refractivity contribution in [2.45, 2.75) is 20.8 Å². The monoisotopic (exact) mass is 216 g/mol. The fraction of sp³-hybridized carbons (Fsp3) is 0.385. The molecule has 0 spiro atoms. The van der Waals surface area contributed by atoms with Crippen LogP contribution in [0.1, 0.15) is 28.4 Å². The number of rotatable bonds is 3. The molecule has 3 heteroatoms. The van der Waals surface area contributed by atoms with Gasteiger partial charge in [-0.1, -0.05) is 17.2 Å². The van der Waals surface area contributed by atoms with Crippen molar-refractivity contribution in [3.05, 3.63) is 34.9 Å². The van der Waals surface area contributed by atoms with Gasteiger partial charge in [0, 0.05) is 12.1 Å². The Morgan fingerprint density at radius 2 is 1.88 bits per heavy atom. The number of hydrogen-bond acceptors (Lipinski definition) is 2. The van der Waals surface area contributed by atoms with Crippen LogP contribution in [0.2, 0.25) is 0 Å². The van der Waals surface area contributed by atoms with E-state index in [1.165, 1.54) is 4.90 Å². The highest BCUT2D eigenvalue weighted by atomic mass is 16.2. The molecule has 0 heterocycles.